The van der Waals surface area contributed by atoms with E-state index in [4.69, 9.17) is 11.6 Å². The minimum atomic E-state index is -0.172. The third-order valence-electron chi connectivity index (χ3n) is 3.69. The maximum absolute atomic E-state index is 12.3. The molecule has 0 saturated heterocycles. The monoisotopic (exact) mass is 295 g/mol. The zero-order valence-corrected chi connectivity index (χ0v) is 12.8. The summed E-state index contributed by atoms with van der Waals surface area (Å²) in [6.07, 6.45) is 4.50. The van der Waals surface area contributed by atoms with Crippen molar-refractivity contribution in [2.24, 2.45) is 5.92 Å². The van der Waals surface area contributed by atoms with Gasteiger partial charge < -0.3 is 10.6 Å². The summed E-state index contributed by atoms with van der Waals surface area (Å²) < 4.78 is 0. The Labute approximate surface area is 125 Å². The first kappa shape index (κ1) is 15.1. The number of pyridine rings is 1. The third kappa shape index (κ3) is 3.85. The fraction of sp³-hybridized carbons (Fsp3) is 0.600. The van der Waals surface area contributed by atoms with E-state index in [2.05, 4.69) is 22.5 Å². The highest BCUT2D eigenvalue weighted by atomic mass is 35.5. The van der Waals surface area contributed by atoms with Gasteiger partial charge in [-0.05, 0) is 37.8 Å². The molecule has 110 valence electrons. The number of carbonyl (C=O) groups is 1. The molecule has 0 aromatic carbocycles. The summed E-state index contributed by atoms with van der Waals surface area (Å²) >= 11 is 6.09. The van der Waals surface area contributed by atoms with Gasteiger partial charge in [-0.25, -0.2) is 4.98 Å². The Hall–Kier alpha value is -1.29. The zero-order chi connectivity index (χ0) is 14.5. The number of amides is 1. The minimum absolute atomic E-state index is 0.172. The second kappa shape index (κ2) is 6.93. The number of anilines is 1. The summed E-state index contributed by atoms with van der Waals surface area (Å²) in [4.78, 5) is 16.6. The van der Waals surface area contributed by atoms with Crippen LogP contribution in [0.5, 0.6) is 0 Å². The highest BCUT2D eigenvalue weighted by Gasteiger charge is 2.22. The molecule has 1 aliphatic rings. The van der Waals surface area contributed by atoms with Crippen molar-refractivity contribution in [1.82, 2.24) is 10.3 Å². The molecule has 1 aromatic heterocycles. The van der Waals surface area contributed by atoms with E-state index < -0.39 is 0 Å². The number of hydrogen-bond acceptors (Lipinski definition) is 3. The number of hydrogen-bond donors (Lipinski definition) is 2. The van der Waals surface area contributed by atoms with Crippen LogP contribution in [0.1, 0.15) is 50.0 Å². The average Bonchev–Trinajstić information content (AvgIpc) is 2.41. The molecule has 0 radical (unpaired) electrons. The first-order valence-electron chi connectivity index (χ1n) is 7.31. The van der Waals surface area contributed by atoms with Crippen molar-refractivity contribution >= 4 is 23.3 Å². The second-order valence-corrected chi connectivity index (χ2v) is 5.91. The molecule has 2 N–H and O–H groups in total. The van der Waals surface area contributed by atoms with Gasteiger partial charge in [0.25, 0.3) is 5.91 Å². The molecule has 2 rings (SSSR count). The first-order valence-corrected chi connectivity index (χ1v) is 7.69. The molecule has 1 fully saturated rings. The Morgan fingerprint density at radius 3 is 2.95 bits per heavy atom. The Morgan fingerprint density at radius 1 is 1.45 bits per heavy atom. The molecule has 0 aliphatic heterocycles. The summed E-state index contributed by atoms with van der Waals surface area (Å²) in [5.41, 5.74) is 0.309. The molecule has 2 unspecified atom stereocenters. The minimum Gasteiger partial charge on any atom is -0.370 e. The molecule has 0 spiro atoms. The van der Waals surface area contributed by atoms with Gasteiger partial charge in [0.2, 0.25) is 0 Å². The maximum Gasteiger partial charge on any atom is 0.271 e. The number of aromatic nitrogens is 1. The average molecular weight is 296 g/mol. The lowest BCUT2D eigenvalue weighted by Gasteiger charge is -2.27. The Kier molecular flexibility index (Phi) is 5.24. The number of nitrogens with zero attached hydrogens (tertiary/aromatic N) is 1. The van der Waals surface area contributed by atoms with E-state index in [1.807, 2.05) is 6.92 Å². The Morgan fingerprint density at radius 2 is 2.25 bits per heavy atom. The standard InChI is InChI=1S/C15H22ClN3O/c1-3-17-13-8-7-12(16)14(19-13)15(20)18-11-6-4-5-10(2)9-11/h7-8,10-11H,3-6,9H2,1-2H3,(H,17,19)(H,18,20). The van der Waals surface area contributed by atoms with Gasteiger partial charge in [-0.2, -0.15) is 0 Å². The van der Waals surface area contributed by atoms with Crippen LogP contribution in [0, 0.1) is 5.92 Å². The van der Waals surface area contributed by atoms with Gasteiger partial charge in [0.05, 0.1) is 5.02 Å². The molecule has 5 heteroatoms. The van der Waals surface area contributed by atoms with Crippen molar-refractivity contribution in [2.45, 2.75) is 45.6 Å². The van der Waals surface area contributed by atoms with E-state index in [-0.39, 0.29) is 11.9 Å². The van der Waals surface area contributed by atoms with Gasteiger partial charge in [0.15, 0.2) is 0 Å². The van der Waals surface area contributed by atoms with Gasteiger partial charge in [0, 0.05) is 12.6 Å². The van der Waals surface area contributed by atoms with Gasteiger partial charge >= 0.3 is 0 Å². The highest BCUT2D eigenvalue weighted by Crippen LogP contribution is 2.24. The van der Waals surface area contributed by atoms with Gasteiger partial charge in [-0.15, -0.1) is 0 Å². The summed E-state index contributed by atoms with van der Waals surface area (Å²) in [5, 5.41) is 6.55. The van der Waals surface area contributed by atoms with Crippen molar-refractivity contribution in [3.8, 4) is 0 Å². The predicted octanol–water partition coefficient (Wildman–Crippen LogP) is 3.48. The fourth-order valence-corrected chi connectivity index (χ4v) is 2.89. The highest BCUT2D eigenvalue weighted by molar-refractivity contribution is 6.33. The van der Waals surface area contributed by atoms with E-state index in [0.717, 1.165) is 19.4 Å². The predicted molar refractivity (Wildman–Crippen MR) is 82.3 cm³/mol. The summed E-state index contributed by atoms with van der Waals surface area (Å²) in [7, 11) is 0. The lowest BCUT2D eigenvalue weighted by molar-refractivity contribution is 0.0916. The van der Waals surface area contributed by atoms with Crippen LogP contribution in [0.4, 0.5) is 5.82 Å². The SMILES string of the molecule is CCNc1ccc(Cl)c(C(=O)NC2CCCC(C)C2)n1. The van der Waals surface area contributed by atoms with E-state index >= 15 is 0 Å². The molecule has 4 nitrogen and oxygen atoms in total. The van der Waals surface area contributed by atoms with Gasteiger partial charge in [-0.3, -0.25) is 4.79 Å². The van der Waals surface area contributed by atoms with E-state index in [1.54, 1.807) is 12.1 Å². The fourth-order valence-electron chi connectivity index (χ4n) is 2.70. The lowest BCUT2D eigenvalue weighted by Crippen LogP contribution is -2.38. The molecule has 2 atom stereocenters. The molecular formula is C15H22ClN3O. The Balaban J connectivity index is 2.06. The molecule has 1 heterocycles. The van der Waals surface area contributed by atoms with Gasteiger partial charge in [0.1, 0.15) is 11.5 Å². The largest absolute Gasteiger partial charge is 0.370 e. The van der Waals surface area contributed by atoms with Crippen LogP contribution in [0.15, 0.2) is 12.1 Å². The normalized spacial score (nSPS) is 22.4. The number of carbonyl (C=O) groups excluding carboxylic acids is 1. The van der Waals surface area contributed by atoms with Gasteiger partial charge in [-0.1, -0.05) is 31.4 Å². The zero-order valence-electron chi connectivity index (χ0n) is 12.1. The molecule has 20 heavy (non-hydrogen) atoms. The van der Waals surface area contributed by atoms with Crippen molar-refractivity contribution in [1.29, 1.82) is 0 Å². The maximum atomic E-state index is 12.3. The van der Waals surface area contributed by atoms with E-state index in [0.29, 0.717) is 22.5 Å². The molecule has 0 bridgehead atoms. The van der Waals surface area contributed by atoms with Crippen LogP contribution in [-0.2, 0) is 0 Å². The number of halogens is 1. The molecule has 1 aliphatic carbocycles. The summed E-state index contributed by atoms with van der Waals surface area (Å²) in [5.74, 6) is 1.18. The van der Waals surface area contributed by atoms with Crippen LogP contribution in [0.25, 0.3) is 0 Å². The number of rotatable bonds is 4. The summed E-state index contributed by atoms with van der Waals surface area (Å²) in [6, 6.07) is 3.74. The van der Waals surface area contributed by atoms with Crippen LogP contribution in [0.2, 0.25) is 5.02 Å². The van der Waals surface area contributed by atoms with E-state index in [9.17, 15) is 4.79 Å². The van der Waals surface area contributed by atoms with Crippen LogP contribution >= 0.6 is 11.6 Å². The first-order chi connectivity index (χ1) is 9.60. The Bertz CT molecular complexity index is 478. The lowest BCUT2D eigenvalue weighted by atomic mass is 9.87. The van der Waals surface area contributed by atoms with Crippen molar-refractivity contribution in [3.05, 3.63) is 22.8 Å². The molecule has 1 amide bonds. The summed E-state index contributed by atoms with van der Waals surface area (Å²) in [6.45, 7) is 4.98. The quantitative estimate of drug-likeness (QED) is 0.894. The third-order valence-corrected chi connectivity index (χ3v) is 4.00. The molecule has 1 aromatic rings. The van der Waals surface area contributed by atoms with E-state index in [1.165, 1.54) is 12.8 Å². The number of nitrogens with one attached hydrogen (secondary N) is 2. The molecule has 1 saturated carbocycles. The van der Waals surface area contributed by atoms with Crippen LogP contribution in [-0.4, -0.2) is 23.5 Å². The second-order valence-electron chi connectivity index (χ2n) is 5.50. The van der Waals surface area contributed by atoms with Crippen molar-refractivity contribution < 1.29 is 4.79 Å². The smallest absolute Gasteiger partial charge is 0.271 e. The molecular weight excluding hydrogens is 274 g/mol. The topological polar surface area (TPSA) is 54.0 Å². The van der Waals surface area contributed by atoms with Crippen LogP contribution < -0.4 is 10.6 Å². The van der Waals surface area contributed by atoms with Crippen LogP contribution in [0.3, 0.4) is 0 Å². The van der Waals surface area contributed by atoms with Crippen molar-refractivity contribution in [3.63, 3.8) is 0 Å². The van der Waals surface area contributed by atoms with Crippen molar-refractivity contribution in [2.75, 3.05) is 11.9 Å².